The number of para-hydroxylation sites is 1. The van der Waals surface area contributed by atoms with Gasteiger partial charge in [-0.3, -0.25) is 5.10 Å². The van der Waals surface area contributed by atoms with Crippen molar-refractivity contribution in [1.82, 2.24) is 20.2 Å². The van der Waals surface area contributed by atoms with Crippen LogP contribution >= 0.6 is 34.2 Å². The van der Waals surface area contributed by atoms with Crippen LogP contribution in [0.1, 0.15) is 5.56 Å². The van der Waals surface area contributed by atoms with Crippen LogP contribution in [0.3, 0.4) is 0 Å². The van der Waals surface area contributed by atoms with Gasteiger partial charge in [0, 0.05) is 28.5 Å². The van der Waals surface area contributed by atoms with Gasteiger partial charge < -0.3 is 10.6 Å². The summed E-state index contributed by atoms with van der Waals surface area (Å²) in [5, 5.41) is 15.1. The third-order valence-corrected chi connectivity index (χ3v) is 5.46. The monoisotopic (exact) mass is 504 g/mol. The minimum atomic E-state index is 0.618. The maximum atomic E-state index is 6.51. The van der Waals surface area contributed by atoms with E-state index in [1.807, 2.05) is 42.5 Å². The van der Waals surface area contributed by atoms with E-state index in [0.717, 1.165) is 39.1 Å². The summed E-state index contributed by atoms with van der Waals surface area (Å²) < 4.78 is 0.909. The molecule has 2 aromatic heterocycles. The molecular weight excluding hydrogens is 487 g/mol. The number of benzene rings is 2. The van der Waals surface area contributed by atoms with Crippen LogP contribution in [0, 0.1) is 0 Å². The molecule has 142 valence electrons. The van der Waals surface area contributed by atoms with Crippen molar-refractivity contribution in [2.45, 2.75) is 4.43 Å². The lowest BCUT2D eigenvalue weighted by molar-refractivity contribution is 1.02. The highest BCUT2D eigenvalue weighted by Crippen LogP contribution is 2.30. The number of aromatic amines is 1. The second-order valence-corrected chi connectivity index (χ2v) is 7.35. The molecule has 0 unspecified atom stereocenters. The van der Waals surface area contributed by atoms with E-state index in [9.17, 15) is 0 Å². The Balaban J connectivity index is 1.61. The standard InChI is InChI=1S/C20H18ClIN6/c21-16-11-13(12-22)5-6-14(16)20-26-17-4-2-1-3-15(17)19(27-20)24-10-9-23-18-7-8-25-28-18/h1-8,11H,9-10,12H2,(H2,23,25,28)(H,24,26,27). The van der Waals surface area contributed by atoms with Gasteiger partial charge in [0.2, 0.25) is 0 Å². The summed E-state index contributed by atoms with van der Waals surface area (Å²) >= 11 is 8.83. The van der Waals surface area contributed by atoms with Crippen molar-refractivity contribution < 1.29 is 0 Å². The molecule has 0 aliphatic heterocycles. The van der Waals surface area contributed by atoms with Crippen molar-refractivity contribution >= 4 is 56.7 Å². The minimum Gasteiger partial charge on any atom is -0.369 e. The maximum absolute atomic E-state index is 6.51. The predicted molar refractivity (Wildman–Crippen MR) is 123 cm³/mol. The van der Waals surface area contributed by atoms with Crippen molar-refractivity contribution in [3.05, 3.63) is 65.3 Å². The fraction of sp³-hybridized carbons (Fsp3) is 0.150. The summed E-state index contributed by atoms with van der Waals surface area (Å²) in [5.41, 5.74) is 2.89. The van der Waals surface area contributed by atoms with E-state index >= 15 is 0 Å². The molecule has 4 aromatic rings. The van der Waals surface area contributed by atoms with E-state index in [-0.39, 0.29) is 0 Å². The number of aromatic nitrogens is 4. The Kier molecular flexibility index (Phi) is 5.92. The van der Waals surface area contributed by atoms with Crippen LogP contribution in [0.5, 0.6) is 0 Å². The number of anilines is 2. The first-order chi connectivity index (χ1) is 13.7. The molecule has 2 aromatic carbocycles. The number of rotatable bonds is 7. The number of fused-ring (bicyclic) bond motifs is 1. The summed E-state index contributed by atoms with van der Waals surface area (Å²) in [5.74, 6) is 2.30. The predicted octanol–water partition coefficient (Wildman–Crippen LogP) is 5.13. The van der Waals surface area contributed by atoms with Crippen molar-refractivity contribution in [1.29, 1.82) is 0 Å². The van der Waals surface area contributed by atoms with Gasteiger partial charge in [-0.1, -0.05) is 52.4 Å². The van der Waals surface area contributed by atoms with Gasteiger partial charge in [0.05, 0.1) is 16.7 Å². The Hall–Kier alpha value is -2.39. The Morgan fingerprint density at radius 2 is 1.86 bits per heavy atom. The first kappa shape index (κ1) is 18.9. The first-order valence-electron chi connectivity index (χ1n) is 8.83. The van der Waals surface area contributed by atoms with Crippen LogP contribution in [0.4, 0.5) is 11.6 Å². The Morgan fingerprint density at radius 1 is 1.00 bits per heavy atom. The molecule has 6 nitrogen and oxygen atoms in total. The molecule has 0 bridgehead atoms. The van der Waals surface area contributed by atoms with Crippen LogP contribution in [-0.4, -0.2) is 33.3 Å². The zero-order chi connectivity index (χ0) is 19.3. The molecule has 0 fully saturated rings. The smallest absolute Gasteiger partial charge is 0.163 e. The molecule has 0 saturated carbocycles. The first-order valence-corrected chi connectivity index (χ1v) is 10.7. The molecule has 2 heterocycles. The minimum absolute atomic E-state index is 0.618. The number of halogens is 2. The topological polar surface area (TPSA) is 78.5 Å². The Morgan fingerprint density at radius 3 is 2.64 bits per heavy atom. The highest BCUT2D eigenvalue weighted by Gasteiger charge is 2.12. The van der Waals surface area contributed by atoms with Gasteiger partial charge in [0.15, 0.2) is 5.82 Å². The number of hydrogen-bond donors (Lipinski definition) is 3. The molecule has 3 N–H and O–H groups in total. The molecule has 0 amide bonds. The SMILES string of the molecule is Clc1cc(CI)ccc1-c1nc(NCCNc2ccn[nH]2)c2ccccc2n1. The molecule has 28 heavy (non-hydrogen) atoms. The van der Waals surface area contributed by atoms with Gasteiger partial charge in [0.25, 0.3) is 0 Å². The van der Waals surface area contributed by atoms with Gasteiger partial charge in [-0.15, -0.1) is 0 Å². The van der Waals surface area contributed by atoms with Crippen molar-refractivity contribution in [2.24, 2.45) is 0 Å². The summed E-state index contributed by atoms with van der Waals surface area (Å²) in [6.45, 7) is 1.42. The van der Waals surface area contributed by atoms with Crippen molar-refractivity contribution in [2.75, 3.05) is 23.7 Å². The molecule has 0 aliphatic carbocycles. The average Bonchev–Trinajstić information content (AvgIpc) is 3.24. The summed E-state index contributed by atoms with van der Waals surface area (Å²) in [6.07, 6.45) is 1.72. The van der Waals surface area contributed by atoms with Crippen LogP contribution in [0.25, 0.3) is 22.3 Å². The molecule has 0 saturated heterocycles. The number of H-pyrrole nitrogens is 1. The van der Waals surface area contributed by atoms with E-state index in [1.54, 1.807) is 6.20 Å². The molecular formula is C20H18ClIN6. The van der Waals surface area contributed by atoms with Crippen molar-refractivity contribution in [3.8, 4) is 11.4 Å². The van der Waals surface area contributed by atoms with Crippen molar-refractivity contribution in [3.63, 3.8) is 0 Å². The highest BCUT2D eigenvalue weighted by atomic mass is 127. The van der Waals surface area contributed by atoms with Gasteiger partial charge >= 0.3 is 0 Å². The fourth-order valence-corrected chi connectivity index (χ4v) is 3.65. The van der Waals surface area contributed by atoms with E-state index in [0.29, 0.717) is 17.4 Å². The lowest BCUT2D eigenvalue weighted by atomic mass is 10.1. The molecule has 0 radical (unpaired) electrons. The highest BCUT2D eigenvalue weighted by molar-refractivity contribution is 14.1. The quantitative estimate of drug-likeness (QED) is 0.185. The Labute approximate surface area is 181 Å². The normalized spacial score (nSPS) is 10.9. The maximum Gasteiger partial charge on any atom is 0.163 e. The third-order valence-electron chi connectivity index (χ3n) is 4.27. The summed E-state index contributed by atoms with van der Waals surface area (Å²) in [6, 6.07) is 15.9. The summed E-state index contributed by atoms with van der Waals surface area (Å²) in [7, 11) is 0. The zero-order valence-electron chi connectivity index (χ0n) is 14.9. The molecule has 4 rings (SSSR count). The number of hydrogen-bond acceptors (Lipinski definition) is 5. The summed E-state index contributed by atoms with van der Waals surface area (Å²) in [4.78, 5) is 9.49. The fourth-order valence-electron chi connectivity index (χ4n) is 2.89. The molecule has 0 atom stereocenters. The zero-order valence-corrected chi connectivity index (χ0v) is 17.8. The lowest BCUT2D eigenvalue weighted by Gasteiger charge is -2.12. The van der Waals surface area contributed by atoms with Gasteiger partial charge in [-0.25, -0.2) is 9.97 Å². The molecule has 0 spiro atoms. The van der Waals surface area contributed by atoms with Crippen LogP contribution < -0.4 is 10.6 Å². The third kappa shape index (κ3) is 4.20. The number of alkyl halides is 1. The van der Waals surface area contributed by atoms with E-state index in [4.69, 9.17) is 21.6 Å². The molecule has 8 heteroatoms. The lowest BCUT2D eigenvalue weighted by Crippen LogP contribution is -2.15. The van der Waals surface area contributed by atoms with E-state index in [1.165, 1.54) is 5.56 Å². The second-order valence-electron chi connectivity index (χ2n) is 6.18. The molecule has 0 aliphatic rings. The largest absolute Gasteiger partial charge is 0.369 e. The van der Waals surface area contributed by atoms with Crippen LogP contribution in [0.2, 0.25) is 5.02 Å². The van der Waals surface area contributed by atoms with Gasteiger partial charge in [0.1, 0.15) is 11.6 Å². The van der Waals surface area contributed by atoms with E-state index < -0.39 is 0 Å². The number of nitrogens with zero attached hydrogens (tertiary/aromatic N) is 3. The van der Waals surface area contributed by atoms with Crippen LogP contribution in [-0.2, 0) is 4.43 Å². The number of nitrogens with one attached hydrogen (secondary N) is 3. The van der Waals surface area contributed by atoms with E-state index in [2.05, 4.69) is 49.5 Å². The van der Waals surface area contributed by atoms with Gasteiger partial charge in [-0.2, -0.15) is 5.10 Å². The Bertz CT molecular complexity index is 1080. The van der Waals surface area contributed by atoms with Crippen LogP contribution in [0.15, 0.2) is 54.7 Å². The van der Waals surface area contributed by atoms with Gasteiger partial charge in [-0.05, 0) is 35.9 Å². The second kappa shape index (κ2) is 8.74. The average molecular weight is 505 g/mol.